The fraction of sp³-hybridized carbons (Fsp3) is 0.308. The van der Waals surface area contributed by atoms with Gasteiger partial charge in [-0.2, -0.15) is 4.39 Å². The molecule has 1 aromatic carbocycles. The highest BCUT2D eigenvalue weighted by atomic mass is 19.1. The zero-order valence-corrected chi connectivity index (χ0v) is 11.4. The molecular formula is C13H13F2N3O3. The number of nitro benzene ring substituents is 1. The predicted molar refractivity (Wildman–Crippen MR) is 70.6 cm³/mol. The first kappa shape index (κ1) is 15.0. The predicted octanol–water partition coefficient (Wildman–Crippen LogP) is 3.20. The number of nitro groups is 1. The SMILES string of the molecule is CCNC(C)c1ncc(-c2cc(F)cc([N+](=O)[O-])c2F)o1. The summed E-state index contributed by atoms with van der Waals surface area (Å²) in [6.07, 6.45) is 1.21. The third kappa shape index (κ3) is 3.05. The molecule has 1 N–H and O–H groups in total. The Morgan fingerprint density at radius 1 is 1.48 bits per heavy atom. The second kappa shape index (κ2) is 5.96. The first-order valence-electron chi connectivity index (χ1n) is 6.27. The van der Waals surface area contributed by atoms with E-state index in [0.717, 1.165) is 6.07 Å². The number of nitrogens with zero attached hydrogens (tertiary/aromatic N) is 2. The van der Waals surface area contributed by atoms with Crippen LogP contribution >= 0.6 is 0 Å². The number of nitrogens with one attached hydrogen (secondary N) is 1. The summed E-state index contributed by atoms with van der Waals surface area (Å²) in [5.74, 6) is -1.84. The minimum Gasteiger partial charge on any atom is -0.439 e. The Labute approximate surface area is 118 Å². The smallest absolute Gasteiger partial charge is 0.308 e. The van der Waals surface area contributed by atoms with E-state index in [-0.39, 0.29) is 23.3 Å². The summed E-state index contributed by atoms with van der Waals surface area (Å²) in [5, 5.41) is 13.7. The van der Waals surface area contributed by atoms with Gasteiger partial charge in [-0.15, -0.1) is 0 Å². The van der Waals surface area contributed by atoms with Crippen molar-refractivity contribution in [2.75, 3.05) is 6.54 Å². The second-order valence-electron chi connectivity index (χ2n) is 4.39. The molecule has 21 heavy (non-hydrogen) atoms. The largest absolute Gasteiger partial charge is 0.439 e. The van der Waals surface area contributed by atoms with Crippen molar-refractivity contribution >= 4 is 5.69 Å². The molecule has 2 rings (SSSR count). The Bertz CT molecular complexity index is 673. The van der Waals surface area contributed by atoms with Gasteiger partial charge in [0.25, 0.3) is 0 Å². The maximum absolute atomic E-state index is 14.0. The highest BCUT2D eigenvalue weighted by Gasteiger charge is 2.23. The van der Waals surface area contributed by atoms with Crippen LogP contribution in [0.3, 0.4) is 0 Å². The molecule has 0 saturated heterocycles. The van der Waals surface area contributed by atoms with Crippen molar-refractivity contribution in [2.45, 2.75) is 19.9 Å². The summed E-state index contributed by atoms with van der Waals surface area (Å²) in [5.41, 5.74) is -1.27. The lowest BCUT2D eigenvalue weighted by atomic mass is 10.1. The molecule has 1 aromatic heterocycles. The maximum atomic E-state index is 14.0. The van der Waals surface area contributed by atoms with Crippen molar-refractivity contribution in [3.8, 4) is 11.3 Å². The van der Waals surface area contributed by atoms with Gasteiger partial charge >= 0.3 is 5.69 Å². The lowest BCUT2D eigenvalue weighted by molar-refractivity contribution is -0.387. The summed E-state index contributed by atoms with van der Waals surface area (Å²) in [6.45, 7) is 4.37. The first-order chi connectivity index (χ1) is 9.93. The molecule has 112 valence electrons. The molecule has 2 aromatic rings. The van der Waals surface area contributed by atoms with Crippen molar-refractivity contribution < 1.29 is 18.1 Å². The van der Waals surface area contributed by atoms with Gasteiger partial charge in [0.15, 0.2) is 5.76 Å². The molecule has 6 nitrogen and oxygen atoms in total. The van der Waals surface area contributed by atoms with Gasteiger partial charge in [0, 0.05) is 0 Å². The van der Waals surface area contributed by atoms with Crippen LogP contribution in [-0.2, 0) is 0 Å². The fourth-order valence-corrected chi connectivity index (χ4v) is 1.89. The normalized spacial score (nSPS) is 12.4. The maximum Gasteiger partial charge on any atom is 0.308 e. The van der Waals surface area contributed by atoms with Crippen molar-refractivity contribution in [3.63, 3.8) is 0 Å². The van der Waals surface area contributed by atoms with Crippen LogP contribution < -0.4 is 5.32 Å². The van der Waals surface area contributed by atoms with E-state index in [4.69, 9.17) is 4.42 Å². The van der Waals surface area contributed by atoms with Gasteiger partial charge in [-0.05, 0) is 19.5 Å². The average Bonchev–Trinajstić information content (AvgIpc) is 2.90. The molecule has 0 bridgehead atoms. The van der Waals surface area contributed by atoms with Crippen LogP contribution in [0, 0.1) is 21.7 Å². The van der Waals surface area contributed by atoms with E-state index in [1.807, 2.05) is 6.92 Å². The molecule has 0 amide bonds. The summed E-state index contributed by atoms with van der Waals surface area (Å²) in [4.78, 5) is 13.7. The Balaban J connectivity index is 2.45. The lowest BCUT2D eigenvalue weighted by Gasteiger charge is -2.07. The standard InChI is InChI=1S/C13H13F2N3O3/c1-3-16-7(2)13-17-6-11(21-13)9-4-8(14)5-10(12(9)15)18(19)20/h4-7,16H,3H2,1-2H3. The van der Waals surface area contributed by atoms with E-state index >= 15 is 0 Å². The van der Waals surface area contributed by atoms with Gasteiger partial charge in [-0.3, -0.25) is 10.1 Å². The Hall–Kier alpha value is -2.35. The van der Waals surface area contributed by atoms with Gasteiger partial charge in [0.05, 0.1) is 28.8 Å². The number of halogens is 2. The van der Waals surface area contributed by atoms with Gasteiger partial charge in [0.2, 0.25) is 11.7 Å². The quantitative estimate of drug-likeness (QED) is 0.677. The molecule has 0 aliphatic heterocycles. The van der Waals surface area contributed by atoms with Crippen molar-refractivity contribution in [2.24, 2.45) is 0 Å². The Kier molecular flexibility index (Phi) is 4.27. The molecule has 0 spiro atoms. The zero-order chi connectivity index (χ0) is 15.6. The number of hydrogen-bond acceptors (Lipinski definition) is 5. The molecular weight excluding hydrogens is 284 g/mol. The first-order valence-corrected chi connectivity index (χ1v) is 6.27. The highest BCUT2D eigenvalue weighted by molar-refractivity contribution is 5.62. The molecule has 8 heteroatoms. The Morgan fingerprint density at radius 2 is 2.19 bits per heavy atom. The monoisotopic (exact) mass is 297 g/mol. The van der Waals surface area contributed by atoms with E-state index < -0.39 is 22.2 Å². The third-order valence-electron chi connectivity index (χ3n) is 2.88. The summed E-state index contributed by atoms with van der Waals surface area (Å²) >= 11 is 0. The van der Waals surface area contributed by atoms with E-state index in [1.165, 1.54) is 6.20 Å². The van der Waals surface area contributed by atoms with E-state index in [1.54, 1.807) is 6.92 Å². The zero-order valence-electron chi connectivity index (χ0n) is 11.4. The van der Waals surface area contributed by atoms with Gasteiger partial charge in [-0.1, -0.05) is 6.92 Å². The van der Waals surface area contributed by atoms with E-state index in [9.17, 15) is 18.9 Å². The summed E-state index contributed by atoms with van der Waals surface area (Å²) in [6, 6.07) is 1.15. The molecule has 0 aliphatic rings. The minimum absolute atomic E-state index is 0.0603. The number of oxazole rings is 1. The van der Waals surface area contributed by atoms with Crippen molar-refractivity contribution in [3.05, 3.63) is 46.0 Å². The third-order valence-corrected chi connectivity index (χ3v) is 2.88. The van der Waals surface area contributed by atoms with Crippen LogP contribution in [0.2, 0.25) is 0 Å². The fourth-order valence-electron chi connectivity index (χ4n) is 1.89. The van der Waals surface area contributed by atoms with E-state index in [2.05, 4.69) is 10.3 Å². The number of hydrogen-bond donors (Lipinski definition) is 1. The number of aromatic nitrogens is 1. The van der Waals surface area contributed by atoms with Crippen LogP contribution in [0.4, 0.5) is 14.5 Å². The number of benzene rings is 1. The van der Waals surface area contributed by atoms with Crippen LogP contribution in [0.1, 0.15) is 25.8 Å². The molecule has 0 fully saturated rings. The molecule has 0 radical (unpaired) electrons. The van der Waals surface area contributed by atoms with Gasteiger partial charge in [-0.25, -0.2) is 9.37 Å². The van der Waals surface area contributed by atoms with Gasteiger partial charge < -0.3 is 9.73 Å². The lowest BCUT2D eigenvalue weighted by Crippen LogP contribution is -2.17. The molecule has 1 heterocycles. The van der Waals surface area contributed by atoms with Crippen molar-refractivity contribution in [1.29, 1.82) is 0 Å². The van der Waals surface area contributed by atoms with Crippen LogP contribution in [-0.4, -0.2) is 16.5 Å². The van der Waals surface area contributed by atoms with Crippen LogP contribution in [0.5, 0.6) is 0 Å². The molecule has 1 unspecified atom stereocenters. The summed E-state index contributed by atoms with van der Waals surface area (Å²) < 4.78 is 32.8. The minimum atomic E-state index is -1.15. The topological polar surface area (TPSA) is 81.2 Å². The van der Waals surface area contributed by atoms with Crippen LogP contribution in [0.15, 0.2) is 22.7 Å². The molecule has 1 atom stereocenters. The second-order valence-corrected chi connectivity index (χ2v) is 4.39. The highest BCUT2D eigenvalue weighted by Crippen LogP contribution is 2.31. The van der Waals surface area contributed by atoms with Crippen LogP contribution in [0.25, 0.3) is 11.3 Å². The van der Waals surface area contributed by atoms with Crippen molar-refractivity contribution in [1.82, 2.24) is 10.3 Å². The molecule has 0 saturated carbocycles. The summed E-state index contributed by atoms with van der Waals surface area (Å²) in [7, 11) is 0. The Morgan fingerprint density at radius 3 is 2.81 bits per heavy atom. The van der Waals surface area contributed by atoms with Gasteiger partial charge in [0.1, 0.15) is 5.82 Å². The molecule has 0 aliphatic carbocycles. The average molecular weight is 297 g/mol. The number of rotatable bonds is 5. The van der Waals surface area contributed by atoms with E-state index in [0.29, 0.717) is 12.6 Å².